The van der Waals surface area contributed by atoms with Crippen molar-refractivity contribution in [1.82, 2.24) is 0 Å². The molecular formula is C16H16O4S2. The van der Waals surface area contributed by atoms with Crippen LogP contribution in [0.2, 0.25) is 0 Å². The third-order valence-electron chi connectivity index (χ3n) is 2.66. The molecule has 6 heteroatoms. The second-order valence-electron chi connectivity index (χ2n) is 4.32. The zero-order valence-corrected chi connectivity index (χ0v) is 13.4. The van der Waals surface area contributed by atoms with Crippen molar-refractivity contribution >= 4 is 29.5 Å². The molecule has 116 valence electrons. The van der Waals surface area contributed by atoms with Gasteiger partial charge in [0.05, 0.1) is 5.75 Å². The Morgan fingerprint density at radius 3 is 2.45 bits per heavy atom. The number of carbonyl (C=O) groups is 1. The van der Waals surface area contributed by atoms with Crippen LogP contribution in [0.25, 0.3) is 0 Å². The maximum Gasteiger partial charge on any atom is 0.316 e. The van der Waals surface area contributed by atoms with Gasteiger partial charge in [-0.1, -0.05) is 12.1 Å². The number of para-hydroxylation sites is 1. The molecule has 0 aromatic heterocycles. The van der Waals surface area contributed by atoms with Gasteiger partial charge in [-0.3, -0.25) is 4.79 Å². The van der Waals surface area contributed by atoms with E-state index in [4.69, 9.17) is 4.74 Å². The fourth-order valence-electron chi connectivity index (χ4n) is 1.61. The minimum Gasteiger partial charge on any atom is -0.508 e. The topological polar surface area (TPSA) is 66.8 Å². The maximum atomic E-state index is 11.6. The first kappa shape index (κ1) is 16.6. The Morgan fingerprint density at radius 2 is 1.73 bits per heavy atom. The molecule has 0 atom stereocenters. The molecule has 0 saturated carbocycles. The molecule has 2 N–H and O–H groups in total. The lowest BCUT2D eigenvalue weighted by molar-refractivity contribution is -0.139. The van der Waals surface area contributed by atoms with E-state index in [1.807, 2.05) is 18.2 Å². The average Bonchev–Trinajstić information content (AvgIpc) is 2.52. The van der Waals surface area contributed by atoms with E-state index >= 15 is 0 Å². The number of hydrogen-bond donors (Lipinski definition) is 2. The van der Waals surface area contributed by atoms with Crippen LogP contribution in [0.1, 0.15) is 0 Å². The maximum absolute atomic E-state index is 11.6. The van der Waals surface area contributed by atoms with Crippen molar-refractivity contribution in [2.24, 2.45) is 0 Å². The standard InChI is InChI=1S/C16H16O4S2/c17-12-5-7-13(8-6-12)21-10-9-20-16(19)11-22-15-4-2-1-3-14(15)18/h1-8,17-18H,9-11H2. The smallest absolute Gasteiger partial charge is 0.316 e. The minimum absolute atomic E-state index is 0.168. The molecule has 2 aromatic rings. The molecule has 0 aliphatic rings. The fraction of sp³-hybridized carbons (Fsp3) is 0.188. The Hall–Kier alpha value is -1.79. The summed E-state index contributed by atoms with van der Waals surface area (Å²) in [5, 5.41) is 18.8. The largest absolute Gasteiger partial charge is 0.508 e. The van der Waals surface area contributed by atoms with E-state index in [0.29, 0.717) is 17.3 Å². The van der Waals surface area contributed by atoms with Crippen LogP contribution < -0.4 is 0 Å². The number of benzene rings is 2. The number of esters is 1. The lowest BCUT2D eigenvalue weighted by Gasteiger charge is -2.06. The molecule has 2 rings (SSSR count). The number of phenolic OH excluding ortho intramolecular Hbond substituents is 2. The Labute approximate surface area is 137 Å². The van der Waals surface area contributed by atoms with Gasteiger partial charge in [-0.15, -0.1) is 23.5 Å². The second-order valence-corrected chi connectivity index (χ2v) is 6.50. The van der Waals surface area contributed by atoms with Gasteiger partial charge >= 0.3 is 5.97 Å². The van der Waals surface area contributed by atoms with Crippen molar-refractivity contribution in [3.8, 4) is 11.5 Å². The molecule has 0 saturated heterocycles. The van der Waals surface area contributed by atoms with Crippen molar-refractivity contribution in [3.63, 3.8) is 0 Å². The van der Waals surface area contributed by atoms with Crippen molar-refractivity contribution < 1.29 is 19.7 Å². The number of ether oxygens (including phenoxy) is 1. The average molecular weight is 336 g/mol. The Bertz CT molecular complexity index is 614. The van der Waals surface area contributed by atoms with Crippen LogP contribution in [0.15, 0.2) is 58.3 Å². The highest BCUT2D eigenvalue weighted by atomic mass is 32.2. The van der Waals surface area contributed by atoms with Crippen LogP contribution in [0.5, 0.6) is 11.5 Å². The molecule has 2 aromatic carbocycles. The molecule has 0 aliphatic carbocycles. The summed E-state index contributed by atoms with van der Waals surface area (Å²) in [6.07, 6.45) is 0. The summed E-state index contributed by atoms with van der Waals surface area (Å²) in [4.78, 5) is 13.3. The summed E-state index contributed by atoms with van der Waals surface area (Å²) in [7, 11) is 0. The summed E-state index contributed by atoms with van der Waals surface area (Å²) >= 11 is 2.80. The predicted octanol–water partition coefficient (Wildman–Crippen LogP) is 3.53. The first-order chi connectivity index (χ1) is 10.6. The third kappa shape index (κ3) is 5.54. The SMILES string of the molecule is O=C(CSc1ccccc1O)OCCSc1ccc(O)cc1. The lowest BCUT2D eigenvalue weighted by Crippen LogP contribution is -2.09. The highest BCUT2D eigenvalue weighted by Crippen LogP contribution is 2.27. The summed E-state index contributed by atoms with van der Waals surface area (Å²) in [6.45, 7) is 0.325. The van der Waals surface area contributed by atoms with Crippen LogP contribution in [-0.2, 0) is 9.53 Å². The molecule has 4 nitrogen and oxygen atoms in total. The Kier molecular flexibility index (Phi) is 6.48. The number of thioether (sulfide) groups is 2. The van der Waals surface area contributed by atoms with Gasteiger partial charge in [0, 0.05) is 15.5 Å². The van der Waals surface area contributed by atoms with Gasteiger partial charge in [0.2, 0.25) is 0 Å². The molecule has 0 unspecified atom stereocenters. The second kappa shape index (κ2) is 8.60. The van der Waals surface area contributed by atoms with Gasteiger partial charge in [0.1, 0.15) is 18.1 Å². The fourth-order valence-corrected chi connectivity index (χ4v) is 3.09. The predicted molar refractivity (Wildman–Crippen MR) is 88.6 cm³/mol. The Balaban J connectivity index is 1.64. The van der Waals surface area contributed by atoms with E-state index in [-0.39, 0.29) is 23.2 Å². The first-order valence-corrected chi connectivity index (χ1v) is 8.60. The quantitative estimate of drug-likeness (QED) is 0.458. The number of carbonyl (C=O) groups excluding carboxylic acids is 1. The molecule has 0 bridgehead atoms. The van der Waals surface area contributed by atoms with Crippen molar-refractivity contribution in [2.45, 2.75) is 9.79 Å². The van der Waals surface area contributed by atoms with E-state index in [0.717, 1.165) is 4.90 Å². The van der Waals surface area contributed by atoms with E-state index in [1.54, 1.807) is 42.1 Å². The zero-order chi connectivity index (χ0) is 15.8. The van der Waals surface area contributed by atoms with E-state index < -0.39 is 0 Å². The van der Waals surface area contributed by atoms with Crippen LogP contribution in [0, 0.1) is 0 Å². The molecule has 0 aliphatic heterocycles. The van der Waals surface area contributed by atoms with E-state index in [9.17, 15) is 15.0 Å². The van der Waals surface area contributed by atoms with Gasteiger partial charge in [-0.25, -0.2) is 0 Å². The Morgan fingerprint density at radius 1 is 1.00 bits per heavy atom. The monoisotopic (exact) mass is 336 g/mol. The number of rotatable bonds is 7. The highest BCUT2D eigenvalue weighted by Gasteiger charge is 2.07. The molecule has 0 radical (unpaired) electrons. The molecule has 0 fully saturated rings. The van der Waals surface area contributed by atoms with Gasteiger partial charge < -0.3 is 14.9 Å². The van der Waals surface area contributed by atoms with Gasteiger partial charge in [0.25, 0.3) is 0 Å². The van der Waals surface area contributed by atoms with Crippen LogP contribution in [0.4, 0.5) is 0 Å². The molecule has 0 heterocycles. The lowest BCUT2D eigenvalue weighted by atomic mass is 10.3. The normalized spacial score (nSPS) is 10.4. The van der Waals surface area contributed by atoms with Crippen molar-refractivity contribution in [2.75, 3.05) is 18.1 Å². The number of aromatic hydroxyl groups is 2. The third-order valence-corrected chi connectivity index (χ3v) is 4.68. The summed E-state index contributed by atoms with van der Waals surface area (Å²) in [6, 6.07) is 13.8. The van der Waals surface area contributed by atoms with Gasteiger partial charge in [0.15, 0.2) is 0 Å². The number of phenols is 2. The zero-order valence-electron chi connectivity index (χ0n) is 11.8. The highest BCUT2D eigenvalue weighted by molar-refractivity contribution is 8.00. The van der Waals surface area contributed by atoms with Crippen LogP contribution in [0.3, 0.4) is 0 Å². The minimum atomic E-state index is -0.306. The summed E-state index contributed by atoms with van der Waals surface area (Å²) in [5.74, 6) is 0.916. The van der Waals surface area contributed by atoms with Crippen LogP contribution >= 0.6 is 23.5 Å². The van der Waals surface area contributed by atoms with Crippen molar-refractivity contribution in [3.05, 3.63) is 48.5 Å². The molecule has 0 spiro atoms. The summed E-state index contributed by atoms with van der Waals surface area (Å²) < 4.78 is 5.14. The van der Waals surface area contributed by atoms with Crippen LogP contribution in [-0.4, -0.2) is 34.3 Å². The molecule has 22 heavy (non-hydrogen) atoms. The van der Waals surface area contributed by atoms with Gasteiger partial charge in [-0.05, 0) is 36.4 Å². The van der Waals surface area contributed by atoms with Gasteiger partial charge in [-0.2, -0.15) is 0 Å². The number of hydrogen-bond acceptors (Lipinski definition) is 6. The molecule has 0 amide bonds. The van der Waals surface area contributed by atoms with E-state index in [1.165, 1.54) is 11.8 Å². The van der Waals surface area contributed by atoms with E-state index in [2.05, 4.69) is 0 Å². The van der Waals surface area contributed by atoms with Crippen molar-refractivity contribution in [1.29, 1.82) is 0 Å². The summed E-state index contributed by atoms with van der Waals surface area (Å²) in [5.41, 5.74) is 0. The molecular weight excluding hydrogens is 320 g/mol. The first-order valence-electron chi connectivity index (χ1n) is 6.63.